The quantitative estimate of drug-likeness (QED) is 0.150. The Hall–Kier alpha value is -4.46. The van der Waals surface area contributed by atoms with Crippen LogP contribution in [0.3, 0.4) is 0 Å². The maximum atomic E-state index is 9.18. The Kier molecular flexibility index (Phi) is 6.37. The first-order valence-electron chi connectivity index (χ1n) is 13.6. The summed E-state index contributed by atoms with van der Waals surface area (Å²) < 4.78 is 6.18. The van der Waals surface area contributed by atoms with Gasteiger partial charge in [-0.3, -0.25) is 0 Å². The zero-order chi connectivity index (χ0) is 29.0. The van der Waals surface area contributed by atoms with Crippen LogP contribution < -0.4 is 4.90 Å². The summed E-state index contributed by atoms with van der Waals surface area (Å²) in [7, 11) is 0. The Balaban J connectivity index is 1.38. The number of nitrogens with zero attached hydrogens (tertiary/aromatic N) is 3. The Bertz CT molecular complexity index is 2240. The van der Waals surface area contributed by atoms with Gasteiger partial charge < -0.3 is 4.90 Å². The summed E-state index contributed by atoms with van der Waals surface area (Å²) in [5.74, 6) is 0. The summed E-state index contributed by atoms with van der Waals surface area (Å²) in [4.78, 5) is 6.61. The number of hydrogen-bond acceptors (Lipinski definition) is 5. The number of anilines is 3. The number of rotatable bonds is 4. The van der Waals surface area contributed by atoms with Crippen molar-refractivity contribution in [2.75, 3.05) is 4.90 Å². The SMILES string of the molecule is [C-]#[N+]/C(C#N)=C\c1cc2sc3cc(N(c4ccc(C(C)(C)C)cc4)c4ccc5sc6ccccc6c5c4)ccc3c2s1. The van der Waals surface area contributed by atoms with Gasteiger partial charge >= 0.3 is 0 Å². The lowest BCUT2D eigenvalue weighted by Crippen LogP contribution is -2.13. The van der Waals surface area contributed by atoms with E-state index in [4.69, 9.17) is 6.57 Å². The van der Waals surface area contributed by atoms with Gasteiger partial charge in [0, 0.05) is 56.9 Å². The number of nitriles is 1. The molecule has 0 saturated heterocycles. The van der Waals surface area contributed by atoms with Crippen LogP contribution in [0.5, 0.6) is 0 Å². The van der Waals surface area contributed by atoms with E-state index in [1.165, 1.54) is 45.2 Å². The molecule has 7 aromatic rings. The van der Waals surface area contributed by atoms with Crippen LogP contribution in [0.25, 0.3) is 50.6 Å². The molecule has 0 N–H and O–H groups in total. The van der Waals surface area contributed by atoms with Crippen molar-refractivity contribution in [3.63, 3.8) is 0 Å². The van der Waals surface area contributed by atoms with E-state index >= 15 is 0 Å². The predicted molar refractivity (Wildman–Crippen MR) is 184 cm³/mol. The molecule has 42 heavy (non-hydrogen) atoms. The predicted octanol–water partition coefficient (Wildman–Crippen LogP) is 12.0. The Morgan fingerprint density at radius 1 is 0.738 bits per heavy atom. The topological polar surface area (TPSA) is 31.4 Å². The minimum Gasteiger partial charge on any atom is -0.310 e. The summed E-state index contributed by atoms with van der Waals surface area (Å²) in [6, 6.07) is 35.2. The Labute approximate surface area is 256 Å². The van der Waals surface area contributed by atoms with Crippen LogP contribution in [0.4, 0.5) is 17.1 Å². The first-order valence-corrected chi connectivity index (χ1v) is 16.0. The fourth-order valence-corrected chi connectivity index (χ4v) is 8.99. The summed E-state index contributed by atoms with van der Waals surface area (Å²) >= 11 is 5.23. The highest BCUT2D eigenvalue weighted by Gasteiger charge is 2.19. The van der Waals surface area contributed by atoms with E-state index in [-0.39, 0.29) is 11.1 Å². The number of hydrogen-bond donors (Lipinski definition) is 0. The monoisotopic (exact) mass is 595 g/mol. The molecule has 202 valence electrons. The molecule has 7 rings (SSSR count). The molecule has 0 bridgehead atoms. The van der Waals surface area contributed by atoms with Gasteiger partial charge in [0.1, 0.15) is 0 Å². The van der Waals surface area contributed by atoms with Crippen LogP contribution in [0.15, 0.2) is 96.7 Å². The molecule has 0 amide bonds. The normalized spacial score (nSPS) is 12.3. The van der Waals surface area contributed by atoms with Crippen molar-refractivity contribution < 1.29 is 0 Å². The third kappa shape index (κ3) is 4.55. The Morgan fingerprint density at radius 2 is 1.43 bits per heavy atom. The largest absolute Gasteiger partial charge is 0.310 e. The van der Waals surface area contributed by atoms with E-state index in [9.17, 15) is 5.26 Å². The lowest BCUT2D eigenvalue weighted by molar-refractivity contribution is 0.590. The molecule has 3 aromatic heterocycles. The molecule has 6 heteroatoms. The van der Waals surface area contributed by atoms with Gasteiger partial charge in [-0.2, -0.15) is 0 Å². The van der Waals surface area contributed by atoms with Gasteiger partial charge in [0.15, 0.2) is 0 Å². The number of thiophene rings is 3. The highest BCUT2D eigenvalue weighted by atomic mass is 32.1. The fraction of sp³-hybridized carbons (Fsp3) is 0.111. The number of fused-ring (bicyclic) bond motifs is 6. The molecule has 0 radical (unpaired) electrons. The molecule has 0 unspecified atom stereocenters. The molecule has 4 aromatic carbocycles. The van der Waals surface area contributed by atoms with Crippen molar-refractivity contribution in [3.8, 4) is 6.07 Å². The fourth-order valence-electron chi connectivity index (χ4n) is 5.40. The van der Waals surface area contributed by atoms with Crippen LogP contribution in [-0.2, 0) is 5.41 Å². The molecule has 0 fully saturated rings. The van der Waals surface area contributed by atoms with Crippen LogP contribution in [0.2, 0.25) is 0 Å². The van der Waals surface area contributed by atoms with Crippen molar-refractivity contribution >= 4 is 96.8 Å². The van der Waals surface area contributed by atoms with Gasteiger partial charge in [-0.1, -0.05) is 57.2 Å². The van der Waals surface area contributed by atoms with E-state index in [0.29, 0.717) is 0 Å². The van der Waals surface area contributed by atoms with Crippen LogP contribution in [-0.4, -0.2) is 0 Å². The van der Waals surface area contributed by atoms with E-state index in [0.717, 1.165) is 21.9 Å². The van der Waals surface area contributed by atoms with Crippen molar-refractivity contribution in [3.05, 3.63) is 119 Å². The first kappa shape index (κ1) is 26.4. The van der Waals surface area contributed by atoms with Crippen molar-refractivity contribution in [1.29, 1.82) is 5.26 Å². The third-order valence-corrected chi connectivity index (χ3v) is 11.0. The van der Waals surface area contributed by atoms with Gasteiger partial charge in [0.25, 0.3) is 5.70 Å². The highest BCUT2D eigenvalue weighted by Crippen LogP contribution is 2.45. The average Bonchev–Trinajstić information content (AvgIpc) is 3.66. The van der Waals surface area contributed by atoms with E-state index in [2.05, 4.69) is 122 Å². The standard InChI is InChI=1S/C36H25N3S3/c1-36(2,3)22-9-11-24(12-10-22)39(25-14-16-32-30(18-25)28-7-5-6-8-31(28)41-32)26-13-15-29-33(19-26)42-34-20-27(40-35(29)34)17-23(21-37)38-4/h5-20H,1-3H3/b23-17-. The molecular formula is C36H25N3S3. The summed E-state index contributed by atoms with van der Waals surface area (Å²) in [5, 5.41) is 12.9. The molecule has 0 spiro atoms. The van der Waals surface area contributed by atoms with Crippen LogP contribution in [0.1, 0.15) is 31.2 Å². The van der Waals surface area contributed by atoms with Gasteiger partial charge in [-0.25, -0.2) is 10.1 Å². The summed E-state index contributed by atoms with van der Waals surface area (Å²) in [6.07, 6.45) is 1.68. The van der Waals surface area contributed by atoms with E-state index < -0.39 is 0 Å². The average molecular weight is 596 g/mol. The van der Waals surface area contributed by atoms with Crippen molar-refractivity contribution in [2.45, 2.75) is 26.2 Å². The van der Waals surface area contributed by atoms with Gasteiger partial charge in [-0.15, -0.1) is 34.0 Å². The Morgan fingerprint density at radius 3 is 2.19 bits per heavy atom. The van der Waals surface area contributed by atoms with Crippen molar-refractivity contribution in [1.82, 2.24) is 0 Å². The molecule has 3 nitrogen and oxygen atoms in total. The van der Waals surface area contributed by atoms with Gasteiger partial charge in [0.2, 0.25) is 0 Å². The molecule has 0 saturated carbocycles. The van der Waals surface area contributed by atoms with Crippen LogP contribution >= 0.6 is 34.0 Å². The lowest BCUT2D eigenvalue weighted by Gasteiger charge is -2.27. The minimum absolute atomic E-state index is 0.0797. The minimum atomic E-state index is 0.0797. The smallest absolute Gasteiger partial charge is 0.263 e. The molecule has 0 aliphatic heterocycles. The van der Waals surface area contributed by atoms with Crippen molar-refractivity contribution in [2.24, 2.45) is 0 Å². The second-order valence-corrected chi connectivity index (χ2v) is 14.5. The lowest BCUT2D eigenvalue weighted by atomic mass is 9.87. The number of allylic oxidation sites excluding steroid dienone is 1. The molecule has 0 aliphatic rings. The summed E-state index contributed by atoms with van der Waals surface area (Å²) in [5.41, 5.74) is 4.86. The molecular weight excluding hydrogens is 571 g/mol. The zero-order valence-electron chi connectivity index (χ0n) is 23.3. The first-order chi connectivity index (χ1) is 20.3. The maximum Gasteiger partial charge on any atom is 0.263 e. The third-order valence-electron chi connectivity index (χ3n) is 7.53. The molecule has 0 aliphatic carbocycles. The maximum absolute atomic E-state index is 9.18. The number of benzene rings is 4. The van der Waals surface area contributed by atoms with E-state index in [1.807, 2.05) is 17.4 Å². The van der Waals surface area contributed by atoms with Gasteiger partial charge in [-0.05, 0) is 71.7 Å². The van der Waals surface area contributed by atoms with Gasteiger partial charge in [0.05, 0.1) is 17.3 Å². The second kappa shape index (κ2) is 10.1. The summed E-state index contributed by atoms with van der Waals surface area (Å²) in [6.45, 7) is 13.9. The molecule has 0 atom stereocenters. The zero-order valence-corrected chi connectivity index (χ0v) is 25.8. The van der Waals surface area contributed by atoms with E-state index in [1.54, 1.807) is 28.7 Å². The van der Waals surface area contributed by atoms with Crippen LogP contribution in [0, 0.1) is 17.9 Å². The second-order valence-electron chi connectivity index (χ2n) is 11.3. The highest BCUT2D eigenvalue weighted by molar-refractivity contribution is 7.33. The molecule has 3 heterocycles.